The number of alkyl halides is 1. The maximum absolute atomic E-state index is 15.0. The first kappa shape index (κ1) is 40.1. The quantitative estimate of drug-likeness (QED) is 0.0641. The van der Waals surface area contributed by atoms with E-state index in [-0.39, 0.29) is 69.6 Å². The third kappa shape index (κ3) is 9.70. The first-order valence-electron chi connectivity index (χ1n) is 19.2. The third-order valence-corrected chi connectivity index (χ3v) is 9.81. The number of hydrogen-bond donors (Lipinski definition) is 5. The summed E-state index contributed by atoms with van der Waals surface area (Å²) >= 11 is 0. The van der Waals surface area contributed by atoms with Gasteiger partial charge in [0.1, 0.15) is 23.8 Å². The number of nitrogens with one attached hydrogen (secondary N) is 5. The molecule has 3 aliphatic rings. The molecule has 3 aromatic heterocycles. The monoisotopic (exact) mass is 797 g/mol. The van der Waals surface area contributed by atoms with Crippen LogP contribution in [0, 0.1) is 0 Å². The SMILES string of the molecule is CC(OCCOCCOCCNc1cccc2c1C(=O)N(C1CCC(=O)NC1=O)C2=O)C(F)CNC(=O)c1cnc(Nc2ccc3cnccc3n2)cc1NC1CC1. The van der Waals surface area contributed by atoms with Crippen molar-refractivity contribution < 1.29 is 42.6 Å². The Morgan fingerprint density at radius 1 is 0.948 bits per heavy atom. The van der Waals surface area contributed by atoms with E-state index in [0.29, 0.717) is 35.1 Å². The van der Waals surface area contributed by atoms with Gasteiger partial charge in [0.15, 0.2) is 0 Å². The zero-order valence-electron chi connectivity index (χ0n) is 31.8. The van der Waals surface area contributed by atoms with Gasteiger partial charge in [-0.15, -0.1) is 0 Å². The molecule has 5 amide bonds. The molecule has 0 bridgehead atoms. The van der Waals surface area contributed by atoms with Crippen LogP contribution < -0.4 is 26.6 Å². The summed E-state index contributed by atoms with van der Waals surface area (Å²) in [5, 5.41) is 15.4. The van der Waals surface area contributed by atoms with Crippen LogP contribution in [0.5, 0.6) is 0 Å². The summed E-state index contributed by atoms with van der Waals surface area (Å²) in [6.07, 6.45) is 4.70. The molecular formula is C40H44FN9O8. The number of piperidine rings is 1. The molecule has 0 spiro atoms. The summed E-state index contributed by atoms with van der Waals surface area (Å²) in [6, 6.07) is 11.4. The number of aromatic nitrogens is 3. The van der Waals surface area contributed by atoms with E-state index in [2.05, 4.69) is 41.5 Å². The first-order valence-corrected chi connectivity index (χ1v) is 19.2. The minimum absolute atomic E-state index is 0.0426. The van der Waals surface area contributed by atoms with Gasteiger partial charge < -0.3 is 35.5 Å². The van der Waals surface area contributed by atoms with Crippen LogP contribution in [0.2, 0.25) is 0 Å². The Kier molecular flexibility index (Phi) is 12.7. The van der Waals surface area contributed by atoms with Crippen LogP contribution in [0.3, 0.4) is 0 Å². The number of ether oxygens (including phenoxy) is 3. The lowest BCUT2D eigenvalue weighted by Crippen LogP contribution is -2.54. The molecule has 17 nitrogen and oxygen atoms in total. The van der Waals surface area contributed by atoms with Crippen molar-refractivity contribution in [3.05, 3.63) is 77.7 Å². The number of carbonyl (C=O) groups excluding carboxylic acids is 5. The van der Waals surface area contributed by atoms with Crippen LogP contribution in [-0.2, 0) is 23.8 Å². The topological polar surface area (TPSA) is 215 Å². The largest absolute Gasteiger partial charge is 0.382 e. The fourth-order valence-electron chi connectivity index (χ4n) is 6.53. The van der Waals surface area contributed by atoms with Gasteiger partial charge in [-0.2, -0.15) is 0 Å². The van der Waals surface area contributed by atoms with Crippen molar-refractivity contribution in [2.45, 2.75) is 57.0 Å². The highest BCUT2D eigenvalue weighted by Gasteiger charge is 2.45. The van der Waals surface area contributed by atoms with Gasteiger partial charge in [-0.25, -0.2) is 14.4 Å². The second kappa shape index (κ2) is 18.4. The van der Waals surface area contributed by atoms with Gasteiger partial charge in [0.05, 0.1) is 73.6 Å². The number of benzene rings is 1. The van der Waals surface area contributed by atoms with Crippen LogP contribution in [0.1, 0.15) is 63.7 Å². The molecule has 3 atom stereocenters. The van der Waals surface area contributed by atoms with E-state index in [0.717, 1.165) is 28.6 Å². The highest BCUT2D eigenvalue weighted by molar-refractivity contribution is 6.25. The zero-order valence-corrected chi connectivity index (χ0v) is 31.8. The van der Waals surface area contributed by atoms with Gasteiger partial charge in [-0.1, -0.05) is 6.07 Å². The number of hydrogen-bond acceptors (Lipinski definition) is 14. The van der Waals surface area contributed by atoms with Crippen LogP contribution >= 0.6 is 0 Å². The number of fused-ring (bicyclic) bond motifs is 2. The molecule has 7 rings (SSSR count). The summed E-state index contributed by atoms with van der Waals surface area (Å²) in [6.45, 7) is 2.79. The number of carbonyl (C=O) groups is 5. The van der Waals surface area contributed by atoms with Gasteiger partial charge in [-0.3, -0.25) is 39.2 Å². The lowest BCUT2D eigenvalue weighted by atomic mass is 10.0. The molecule has 0 radical (unpaired) electrons. The van der Waals surface area contributed by atoms with Crippen molar-refractivity contribution in [2.24, 2.45) is 0 Å². The van der Waals surface area contributed by atoms with E-state index < -0.39 is 47.9 Å². The Morgan fingerprint density at radius 2 is 1.76 bits per heavy atom. The summed E-state index contributed by atoms with van der Waals surface area (Å²) in [7, 11) is 0. The van der Waals surface area contributed by atoms with Crippen molar-refractivity contribution in [1.82, 2.24) is 30.5 Å². The smallest absolute Gasteiger partial charge is 0.264 e. The van der Waals surface area contributed by atoms with Gasteiger partial charge in [0, 0.05) is 54.7 Å². The van der Waals surface area contributed by atoms with Crippen molar-refractivity contribution in [3.63, 3.8) is 0 Å². The number of rotatable bonds is 20. The van der Waals surface area contributed by atoms with E-state index in [1.165, 1.54) is 12.3 Å². The van der Waals surface area contributed by atoms with E-state index >= 15 is 4.39 Å². The standard InChI is InChI=1S/C40H44FN9O8/c1-23(28(41)22-45-37(52)27-21-44-34(19-31(27)46-25-6-7-25)48-33-9-5-24-20-42-12-11-29(24)47-33)58-18-17-57-16-15-56-14-13-43-30-4-2-3-26-36(30)40(55)50(39(26)54)32-8-10-35(51)49-38(32)53/h2-5,9,11-12,19-21,23,25,28,32,43H,6-8,10,13-18,22H2,1H3,(H,45,52)(H,49,51,53)(H2,44,46,47,48). The predicted octanol–water partition coefficient (Wildman–Crippen LogP) is 3.36. The van der Waals surface area contributed by atoms with Crippen LogP contribution in [-0.4, -0.2) is 120 Å². The molecule has 5 N–H and O–H groups in total. The zero-order chi connectivity index (χ0) is 40.6. The fraction of sp³-hybridized carbons (Fsp3) is 0.400. The Labute approximate surface area is 332 Å². The minimum atomic E-state index is -1.47. The summed E-state index contributed by atoms with van der Waals surface area (Å²) in [4.78, 5) is 77.3. The number of anilines is 4. The summed E-state index contributed by atoms with van der Waals surface area (Å²) in [5.41, 5.74) is 2.47. The Morgan fingerprint density at radius 3 is 2.57 bits per heavy atom. The molecule has 18 heteroatoms. The van der Waals surface area contributed by atoms with Crippen molar-refractivity contribution in [3.8, 4) is 0 Å². The van der Waals surface area contributed by atoms with Crippen LogP contribution in [0.25, 0.3) is 10.9 Å². The van der Waals surface area contributed by atoms with Gasteiger partial charge in [-0.05, 0) is 56.5 Å². The van der Waals surface area contributed by atoms with E-state index in [1.807, 2.05) is 18.2 Å². The van der Waals surface area contributed by atoms with Crippen LogP contribution in [0.4, 0.5) is 27.4 Å². The van der Waals surface area contributed by atoms with Gasteiger partial charge >= 0.3 is 0 Å². The van der Waals surface area contributed by atoms with Crippen molar-refractivity contribution >= 4 is 63.4 Å². The number of nitrogens with zero attached hydrogens (tertiary/aromatic N) is 4. The maximum atomic E-state index is 15.0. The molecule has 3 unspecified atom stereocenters. The average Bonchev–Trinajstić information content (AvgIpc) is 4.00. The van der Waals surface area contributed by atoms with Crippen LogP contribution in [0.15, 0.2) is 61.1 Å². The normalized spacial score (nSPS) is 17.5. The predicted molar refractivity (Wildman–Crippen MR) is 210 cm³/mol. The first-order chi connectivity index (χ1) is 28.2. The van der Waals surface area contributed by atoms with Crippen molar-refractivity contribution in [2.75, 3.05) is 62.1 Å². The average molecular weight is 798 g/mol. The van der Waals surface area contributed by atoms with Gasteiger partial charge in [0.2, 0.25) is 11.8 Å². The Hall–Kier alpha value is -6.11. The number of imide groups is 2. The maximum Gasteiger partial charge on any atom is 0.264 e. The summed E-state index contributed by atoms with van der Waals surface area (Å²) in [5.74, 6) is -1.63. The molecule has 1 aliphatic carbocycles. The fourth-order valence-corrected chi connectivity index (χ4v) is 6.53. The van der Waals surface area contributed by atoms with E-state index in [9.17, 15) is 24.0 Å². The Bertz CT molecular complexity index is 2190. The molecule has 4 aromatic rings. The number of halogens is 1. The molecule has 2 fully saturated rings. The molecule has 5 heterocycles. The molecule has 1 saturated heterocycles. The molecule has 1 aromatic carbocycles. The molecule has 58 heavy (non-hydrogen) atoms. The highest BCUT2D eigenvalue weighted by atomic mass is 19.1. The third-order valence-electron chi connectivity index (χ3n) is 9.81. The lowest BCUT2D eigenvalue weighted by molar-refractivity contribution is -0.136. The minimum Gasteiger partial charge on any atom is -0.382 e. The summed E-state index contributed by atoms with van der Waals surface area (Å²) < 4.78 is 31.7. The molecular weight excluding hydrogens is 753 g/mol. The van der Waals surface area contributed by atoms with Gasteiger partial charge in [0.25, 0.3) is 17.7 Å². The number of pyridine rings is 3. The molecule has 1 saturated carbocycles. The second-order valence-electron chi connectivity index (χ2n) is 14.1. The lowest BCUT2D eigenvalue weighted by Gasteiger charge is -2.27. The molecule has 304 valence electrons. The molecule has 2 aliphatic heterocycles. The van der Waals surface area contributed by atoms with Crippen molar-refractivity contribution in [1.29, 1.82) is 0 Å². The second-order valence-corrected chi connectivity index (χ2v) is 14.1. The van der Waals surface area contributed by atoms with E-state index in [1.54, 1.807) is 37.5 Å². The number of amides is 5. The van der Waals surface area contributed by atoms with E-state index in [4.69, 9.17) is 14.2 Å². The Balaban J connectivity index is 0.775. The highest BCUT2D eigenvalue weighted by Crippen LogP contribution is 2.33.